The van der Waals surface area contributed by atoms with E-state index >= 15 is 0 Å². The summed E-state index contributed by atoms with van der Waals surface area (Å²) < 4.78 is 5.77. The summed E-state index contributed by atoms with van der Waals surface area (Å²) in [6.45, 7) is 6.22. The van der Waals surface area contributed by atoms with Crippen LogP contribution in [0.5, 0.6) is 0 Å². The van der Waals surface area contributed by atoms with Gasteiger partial charge in [-0.15, -0.1) is 10.2 Å². The quantitative estimate of drug-likeness (QED) is 0.691. The van der Waals surface area contributed by atoms with Gasteiger partial charge >= 0.3 is 0 Å². The Labute approximate surface area is 118 Å². The summed E-state index contributed by atoms with van der Waals surface area (Å²) in [7, 11) is 0. The van der Waals surface area contributed by atoms with Crippen LogP contribution < -0.4 is 0 Å². The zero-order chi connectivity index (χ0) is 14.1. The zero-order valence-corrected chi connectivity index (χ0v) is 11.8. The van der Waals surface area contributed by atoms with E-state index in [1.165, 1.54) is 16.7 Å². The van der Waals surface area contributed by atoms with Crippen molar-refractivity contribution in [3.8, 4) is 22.9 Å². The van der Waals surface area contributed by atoms with Crippen LogP contribution in [0.3, 0.4) is 0 Å². The van der Waals surface area contributed by atoms with E-state index in [-0.39, 0.29) is 0 Å². The number of nitrogens with zero attached hydrogens (tertiary/aromatic N) is 2. The molecule has 0 atom stereocenters. The average molecular weight is 264 g/mol. The lowest BCUT2D eigenvalue weighted by Crippen LogP contribution is -1.83. The summed E-state index contributed by atoms with van der Waals surface area (Å²) in [5, 5.41) is 8.27. The first-order valence-corrected chi connectivity index (χ1v) is 6.61. The normalized spacial score (nSPS) is 10.8. The highest BCUT2D eigenvalue weighted by atomic mass is 16.4. The van der Waals surface area contributed by atoms with Crippen LogP contribution in [0.2, 0.25) is 0 Å². The minimum atomic E-state index is 0.554. The first-order valence-electron chi connectivity index (χ1n) is 6.61. The van der Waals surface area contributed by atoms with Gasteiger partial charge < -0.3 is 4.42 Å². The summed E-state index contributed by atoms with van der Waals surface area (Å²) in [4.78, 5) is 0. The summed E-state index contributed by atoms with van der Waals surface area (Å²) in [5.41, 5.74) is 5.59. The molecule has 0 aliphatic carbocycles. The molecule has 0 saturated carbocycles. The van der Waals surface area contributed by atoms with Crippen LogP contribution in [-0.4, -0.2) is 10.2 Å². The van der Waals surface area contributed by atoms with Crippen LogP contribution in [0, 0.1) is 20.8 Å². The van der Waals surface area contributed by atoms with Gasteiger partial charge in [-0.3, -0.25) is 0 Å². The molecule has 1 heterocycles. The first kappa shape index (κ1) is 12.6. The number of aromatic nitrogens is 2. The van der Waals surface area contributed by atoms with E-state index in [0.29, 0.717) is 11.8 Å². The molecule has 3 heteroatoms. The van der Waals surface area contributed by atoms with Crippen LogP contribution in [-0.2, 0) is 0 Å². The fourth-order valence-corrected chi connectivity index (χ4v) is 2.03. The van der Waals surface area contributed by atoms with Gasteiger partial charge in [-0.1, -0.05) is 23.8 Å². The van der Waals surface area contributed by atoms with E-state index < -0.39 is 0 Å². The molecular formula is C17H16N2O. The molecule has 0 fully saturated rings. The van der Waals surface area contributed by atoms with Crippen molar-refractivity contribution in [3.63, 3.8) is 0 Å². The Morgan fingerprint density at radius 2 is 1.30 bits per heavy atom. The van der Waals surface area contributed by atoms with E-state index in [2.05, 4.69) is 43.1 Å². The molecule has 0 spiro atoms. The minimum Gasteiger partial charge on any atom is -0.416 e. The van der Waals surface area contributed by atoms with Gasteiger partial charge in [0.25, 0.3) is 0 Å². The van der Waals surface area contributed by atoms with Crippen LogP contribution in [0.4, 0.5) is 0 Å². The maximum absolute atomic E-state index is 5.77. The molecule has 3 aromatic rings. The highest BCUT2D eigenvalue weighted by Gasteiger charge is 2.10. The number of rotatable bonds is 2. The Morgan fingerprint density at radius 1 is 0.700 bits per heavy atom. The van der Waals surface area contributed by atoms with E-state index in [0.717, 1.165) is 11.1 Å². The van der Waals surface area contributed by atoms with Gasteiger partial charge in [0.2, 0.25) is 11.8 Å². The summed E-state index contributed by atoms with van der Waals surface area (Å²) in [5.74, 6) is 1.11. The fraction of sp³-hybridized carbons (Fsp3) is 0.176. The Morgan fingerprint density at radius 3 is 1.95 bits per heavy atom. The van der Waals surface area contributed by atoms with Crippen LogP contribution in [0.15, 0.2) is 46.9 Å². The van der Waals surface area contributed by atoms with Crippen molar-refractivity contribution in [2.24, 2.45) is 0 Å². The van der Waals surface area contributed by atoms with Crippen LogP contribution in [0.25, 0.3) is 22.9 Å². The lowest BCUT2D eigenvalue weighted by Gasteiger charge is -2.01. The van der Waals surface area contributed by atoms with Crippen molar-refractivity contribution in [1.29, 1.82) is 0 Å². The Kier molecular flexibility index (Phi) is 3.11. The predicted octanol–water partition coefficient (Wildman–Crippen LogP) is 4.33. The highest BCUT2D eigenvalue weighted by molar-refractivity contribution is 5.59. The topological polar surface area (TPSA) is 38.9 Å². The largest absolute Gasteiger partial charge is 0.416 e. The third-order valence-corrected chi connectivity index (χ3v) is 3.48. The first-order chi connectivity index (χ1) is 9.63. The number of hydrogen-bond acceptors (Lipinski definition) is 3. The number of benzene rings is 2. The van der Waals surface area contributed by atoms with Gasteiger partial charge in [0.1, 0.15) is 0 Å². The van der Waals surface area contributed by atoms with Gasteiger partial charge in [0, 0.05) is 11.1 Å². The Balaban J connectivity index is 1.97. The van der Waals surface area contributed by atoms with E-state index in [1.54, 1.807) is 0 Å². The molecular weight excluding hydrogens is 248 g/mol. The van der Waals surface area contributed by atoms with Crippen molar-refractivity contribution >= 4 is 0 Å². The van der Waals surface area contributed by atoms with Crippen molar-refractivity contribution in [3.05, 3.63) is 59.2 Å². The molecule has 0 bridgehead atoms. The molecule has 0 amide bonds. The molecule has 0 aliphatic heterocycles. The van der Waals surface area contributed by atoms with Gasteiger partial charge in [-0.2, -0.15) is 0 Å². The van der Waals surface area contributed by atoms with Gasteiger partial charge in [0.05, 0.1) is 0 Å². The fourth-order valence-electron chi connectivity index (χ4n) is 2.03. The van der Waals surface area contributed by atoms with Crippen molar-refractivity contribution in [2.45, 2.75) is 20.8 Å². The monoisotopic (exact) mass is 264 g/mol. The zero-order valence-electron chi connectivity index (χ0n) is 11.8. The lowest BCUT2D eigenvalue weighted by molar-refractivity contribution is 0.584. The SMILES string of the molecule is Cc1ccc(-c2nnc(-c3ccc(C)c(C)c3)o2)cc1. The van der Waals surface area contributed by atoms with Gasteiger partial charge in [0.15, 0.2) is 0 Å². The molecule has 3 rings (SSSR count). The second kappa shape index (κ2) is 4.93. The third kappa shape index (κ3) is 2.35. The second-order valence-electron chi connectivity index (χ2n) is 5.08. The lowest BCUT2D eigenvalue weighted by atomic mass is 10.1. The maximum atomic E-state index is 5.77. The minimum absolute atomic E-state index is 0.554. The molecule has 100 valence electrons. The van der Waals surface area contributed by atoms with Crippen molar-refractivity contribution in [1.82, 2.24) is 10.2 Å². The molecule has 1 aromatic heterocycles. The van der Waals surface area contributed by atoms with Crippen LogP contribution in [0.1, 0.15) is 16.7 Å². The van der Waals surface area contributed by atoms with Crippen molar-refractivity contribution in [2.75, 3.05) is 0 Å². The van der Waals surface area contributed by atoms with Crippen LogP contribution >= 0.6 is 0 Å². The average Bonchev–Trinajstić information content (AvgIpc) is 2.92. The molecule has 0 aliphatic rings. The number of hydrogen-bond donors (Lipinski definition) is 0. The molecule has 3 nitrogen and oxygen atoms in total. The molecule has 0 radical (unpaired) electrons. The smallest absolute Gasteiger partial charge is 0.248 e. The molecule has 0 saturated heterocycles. The maximum Gasteiger partial charge on any atom is 0.248 e. The van der Waals surface area contributed by atoms with Gasteiger partial charge in [-0.05, 0) is 56.2 Å². The standard InChI is InChI=1S/C17H16N2O/c1-11-4-7-14(8-5-11)16-18-19-17(20-16)15-9-6-12(2)13(3)10-15/h4-10H,1-3H3. The third-order valence-electron chi connectivity index (χ3n) is 3.48. The molecule has 0 unspecified atom stereocenters. The predicted molar refractivity (Wildman–Crippen MR) is 79.4 cm³/mol. The second-order valence-corrected chi connectivity index (χ2v) is 5.08. The molecule has 20 heavy (non-hydrogen) atoms. The van der Waals surface area contributed by atoms with E-state index in [9.17, 15) is 0 Å². The highest BCUT2D eigenvalue weighted by Crippen LogP contribution is 2.25. The number of aryl methyl sites for hydroxylation is 3. The molecule has 2 aromatic carbocycles. The van der Waals surface area contributed by atoms with Gasteiger partial charge in [-0.25, -0.2) is 0 Å². The summed E-state index contributed by atoms with van der Waals surface area (Å²) in [6.07, 6.45) is 0. The summed E-state index contributed by atoms with van der Waals surface area (Å²) >= 11 is 0. The van der Waals surface area contributed by atoms with E-state index in [4.69, 9.17) is 4.42 Å². The van der Waals surface area contributed by atoms with Crippen molar-refractivity contribution < 1.29 is 4.42 Å². The molecule has 0 N–H and O–H groups in total. The Bertz CT molecular complexity index is 742. The summed E-state index contributed by atoms with van der Waals surface area (Å²) in [6, 6.07) is 14.2. The Hall–Kier alpha value is -2.42. The van der Waals surface area contributed by atoms with E-state index in [1.807, 2.05) is 30.3 Å².